The molecule has 5 N–H and O–H groups in total. The zero-order valence-electron chi connectivity index (χ0n) is 23.6. The summed E-state index contributed by atoms with van der Waals surface area (Å²) in [6, 6.07) is 3.64. The van der Waals surface area contributed by atoms with E-state index < -0.39 is 35.7 Å². The van der Waals surface area contributed by atoms with E-state index in [-0.39, 0.29) is 30.6 Å². The number of benzene rings is 1. The van der Waals surface area contributed by atoms with E-state index in [1.807, 2.05) is 32.1 Å². The molecule has 0 radical (unpaired) electrons. The second-order valence-corrected chi connectivity index (χ2v) is 11.7. The van der Waals surface area contributed by atoms with Gasteiger partial charge >= 0.3 is 6.09 Å². The van der Waals surface area contributed by atoms with E-state index in [0.29, 0.717) is 35.7 Å². The lowest BCUT2D eigenvalue weighted by molar-refractivity contribution is -0.155. The van der Waals surface area contributed by atoms with E-state index in [0.717, 1.165) is 11.1 Å². The molecule has 2 amide bonds. The standard InChI is InChI=1S/C29H40ClN3O7/c1-16-7-6-8-24(39-5)29(37)15-22(40-27(36)32-29)17(2)19-9-10-28(19,31)23(34)14-25(35)33(3)20-12-18(11-16)13-21(38-4)26(20)30/h6-8,12-13,17,19,22-24,34,37H,9-11,14-15,31H2,1-5H3,(H,32,36)/b8-6+,16-7+/t17-,19-,22-,23-,24+,28-,29-/m0/s1. The number of allylic oxidation sites excluding steroid dienone is 3. The van der Waals surface area contributed by atoms with Crippen LogP contribution in [0.15, 0.2) is 35.9 Å². The van der Waals surface area contributed by atoms with Crippen molar-refractivity contribution in [2.75, 3.05) is 26.2 Å². The minimum atomic E-state index is -1.72. The first-order valence-corrected chi connectivity index (χ1v) is 13.9. The first-order valence-electron chi connectivity index (χ1n) is 13.5. The van der Waals surface area contributed by atoms with Gasteiger partial charge in [0.25, 0.3) is 0 Å². The number of fused-ring (bicyclic) bond motifs is 5. The Morgan fingerprint density at radius 3 is 2.62 bits per heavy atom. The SMILES string of the molecule is COc1cc2cc(c1Cl)N(C)C(=O)C[C@H](O)[C@]1(N)CC[C@H]1[C@H](C)[C@@H]1C[C@@](O)(NC(=O)O1)[C@H](OC)/C=C/C=C(\C)C2. The molecule has 7 atom stereocenters. The van der Waals surface area contributed by atoms with Gasteiger partial charge in [0.1, 0.15) is 23.0 Å². The first kappa shape index (κ1) is 30.3. The summed E-state index contributed by atoms with van der Waals surface area (Å²) in [6.45, 7) is 3.83. The van der Waals surface area contributed by atoms with Crippen molar-refractivity contribution in [3.8, 4) is 5.75 Å². The number of nitrogens with two attached hydrogens (primary N) is 1. The van der Waals surface area contributed by atoms with Crippen LogP contribution in [0, 0.1) is 11.8 Å². The zero-order valence-corrected chi connectivity index (χ0v) is 24.4. The van der Waals surface area contributed by atoms with Crippen LogP contribution in [0.4, 0.5) is 10.5 Å². The van der Waals surface area contributed by atoms with Gasteiger partial charge in [-0.2, -0.15) is 0 Å². The highest BCUT2D eigenvalue weighted by atomic mass is 35.5. The smallest absolute Gasteiger partial charge is 0.409 e. The van der Waals surface area contributed by atoms with Gasteiger partial charge in [0.05, 0.1) is 25.3 Å². The molecular formula is C29H40ClN3O7. The molecule has 4 bridgehead atoms. The summed E-state index contributed by atoms with van der Waals surface area (Å²) in [6.07, 6.45) is 3.43. The van der Waals surface area contributed by atoms with Gasteiger partial charge in [0, 0.05) is 26.1 Å². The van der Waals surface area contributed by atoms with Crippen LogP contribution in [-0.4, -0.2) is 73.1 Å². The van der Waals surface area contributed by atoms with Crippen molar-refractivity contribution in [2.24, 2.45) is 17.6 Å². The Bertz CT molecular complexity index is 1210. The molecule has 3 aliphatic rings. The lowest BCUT2D eigenvalue weighted by Gasteiger charge is -2.54. The fourth-order valence-electron chi connectivity index (χ4n) is 6.19. The molecule has 40 heavy (non-hydrogen) atoms. The predicted molar refractivity (Wildman–Crippen MR) is 151 cm³/mol. The highest BCUT2D eigenvalue weighted by molar-refractivity contribution is 6.35. The molecule has 4 rings (SSSR count). The van der Waals surface area contributed by atoms with E-state index in [2.05, 4.69) is 5.32 Å². The number of halogens is 1. The Labute approximate surface area is 240 Å². The number of carbonyl (C=O) groups excluding carboxylic acids is 2. The third-order valence-electron chi connectivity index (χ3n) is 8.79. The lowest BCUT2D eigenvalue weighted by atomic mass is 9.57. The minimum Gasteiger partial charge on any atom is -0.495 e. The molecule has 1 saturated carbocycles. The van der Waals surface area contributed by atoms with Gasteiger partial charge in [0.15, 0.2) is 5.72 Å². The van der Waals surface area contributed by atoms with Crippen LogP contribution in [0.3, 0.4) is 0 Å². The Balaban J connectivity index is 1.77. The summed E-state index contributed by atoms with van der Waals surface area (Å²) in [7, 11) is 4.58. The van der Waals surface area contributed by atoms with Gasteiger partial charge in [-0.3, -0.25) is 10.1 Å². The Morgan fingerprint density at radius 1 is 1.27 bits per heavy atom. The van der Waals surface area contributed by atoms with Crippen LogP contribution in [0.5, 0.6) is 5.75 Å². The quantitative estimate of drug-likeness (QED) is 0.420. The van der Waals surface area contributed by atoms with Crippen molar-refractivity contribution in [2.45, 2.75) is 75.5 Å². The van der Waals surface area contributed by atoms with Gasteiger partial charge in [0.2, 0.25) is 5.91 Å². The average molecular weight is 578 g/mol. The first-order chi connectivity index (χ1) is 18.8. The van der Waals surface area contributed by atoms with Crippen LogP contribution >= 0.6 is 11.6 Å². The van der Waals surface area contributed by atoms with Crippen LogP contribution in [0.1, 0.15) is 45.1 Å². The maximum absolute atomic E-state index is 13.4. The summed E-state index contributed by atoms with van der Waals surface area (Å²) in [5.41, 5.74) is 6.25. The lowest BCUT2D eigenvalue weighted by Crippen LogP contribution is -2.68. The topological polar surface area (TPSA) is 144 Å². The van der Waals surface area contributed by atoms with Crippen molar-refractivity contribution in [1.29, 1.82) is 0 Å². The molecule has 1 aliphatic carbocycles. The molecule has 0 spiro atoms. The summed E-state index contributed by atoms with van der Waals surface area (Å²) in [5.74, 6) is -0.483. The van der Waals surface area contributed by atoms with E-state index >= 15 is 0 Å². The van der Waals surface area contributed by atoms with Gasteiger partial charge in [-0.1, -0.05) is 42.3 Å². The van der Waals surface area contributed by atoms with Crippen LogP contribution in [0.2, 0.25) is 5.02 Å². The summed E-state index contributed by atoms with van der Waals surface area (Å²) in [5, 5.41) is 25.6. The fourth-order valence-corrected chi connectivity index (χ4v) is 6.50. The molecule has 1 aromatic rings. The van der Waals surface area contributed by atoms with Gasteiger partial charge < -0.3 is 35.1 Å². The number of hydrogen-bond acceptors (Lipinski definition) is 8. The second-order valence-electron chi connectivity index (χ2n) is 11.3. The average Bonchev–Trinajstić information content (AvgIpc) is 2.89. The highest BCUT2D eigenvalue weighted by Crippen LogP contribution is 2.48. The minimum absolute atomic E-state index is 0.0555. The Kier molecular flexibility index (Phi) is 8.87. The zero-order chi connectivity index (χ0) is 29.4. The number of nitrogens with zero attached hydrogens (tertiary/aromatic N) is 1. The monoisotopic (exact) mass is 577 g/mol. The Morgan fingerprint density at radius 2 is 2.00 bits per heavy atom. The van der Waals surface area contributed by atoms with Crippen molar-refractivity contribution in [1.82, 2.24) is 5.32 Å². The molecule has 10 nitrogen and oxygen atoms in total. The molecule has 0 aromatic heterocycles. The summed E-state index contributed by atoms with van der Waals surface area (Å²) in [4.78, 5) is 27.4. The van der Waals surface area contributed by atoms with Crippen molar-refractivity contribution < 1.29 is 34.0 Å². The van der Waals surface area contributed by atoms with Crippen molar-refractivity contribution >= 4 is 29.3 Å². The molecule has 2 heterocycles. The van der Waals surface area contributed by atoms with Gasteiger partial charge in [-0.05, 0) is 55.7 Å². The number of carbonyl (C=O) groups is 2. The molecule has 1 aromatic carbocycles. The third-order valence-corrected chi connectivity index (χ3v) is 9.17. The maximum atomic E-state index is 13.4. The van der Waals surface area contributed by atoms with Crippen LogP contribution < -0.4 is 20.7 Å². The molecule has 2 aliphatic heterocycles. The van der Waals surface area contributed by atoms with E-state index in [1.54, 1.807) is 19.2 Å². The van der Waals surface area contributed by atoms with Crippen LogP contribution in [-0.2, 0) is 20.7 Å². The van der Waals surface area contributed by atoms with Gasteiger partial charge in [-0.25, -0.2) is 4.79 Å². The molecule has 220 valence electrons. The second kappa shape index (κ2) is 11.7. The predicted octanol–water partition coefficient (Wildman–Crippen LogP) is 3.07. The number of rotatable bonds is 2. The fraction of sp³-hybridized carbons (Fsp3) is 0.586. The highest BCUT2D eigenvalue weighted by Gasteiger charge is 2.55. The summed E-state index contributed by atoms with van der Waals surface area (Å²) < 4.78 is 16.7. The number of aliphatic hydroxyl groups is 2. The van der Waals surface area contributed by atoms with Crippen molar-refractivity contribution in [3.63, 3.8) is 0 Å². The molecule has 0 unspecified atom stereocenters. The molecule has 2 fully saturated rings. The summed E-state index contributed by atoms with van der Waals surface area (Å²) >= 11 is 6.61. The number of methoxy groups -OCH3 is 2. The number of nitrogens with one attached hydrogen (secondary N) is 1. The number of anilines is 1. The third kappa shape index (κ3) is 5.73. The van der Waals surface area contributed by atoms with E-state index in [1.165, 1.54) is 19.1 Å². The Hall–Kier alpha value is -2.63. The normalized spacial score (nSPS) is 37.3. The van der Waals surface area contributed by atoms with Crippen molar-refractivity contribution in [3.05, 3.63) is 46.5 Å². The van der Waals surface area contributed by atoms with Crippen LogP contribution in [0.25, 0.3) is 0 Å². The number of alkyl carbamates (subject to hydrolysis) is 1. The molecular weight excluding hydrogens is 538 g/mol. The molecule has 11 heteroatoms. The number of ether oxygens (including phenoxy) is 3. The molecule has 1 saturated heterocycles. The largest absolute Gasteiger partial charge is 0.495 e. The number of aliphatic hydroxyl groups excluding tert-OH is 1. The number of hydrogen-bond donors (Lipinski definition) is 4. The van der Waals surface area contributed by atoms with E-state index in [4.69, 9.17) is 31.5 Å². The van der Waals surface area contributed by atoms with Gasteiger partial charge in [-0.15, -0.1) is 0 Å². The maximum Gasteiger partial charge on any atom is 0.409 e. The number of amides is 2. The van der Waals surface area contributed by atoms with E-state index in [9.17, 15) is 19.8 Å².